The summed E-state index contributed by atoms with van der Waals surface area (Å²) in [6, 6.07) is 11.3. The lowest BCUT2D eigenvalue weighted by Gasteiger charge is -2.09. The number of carbonyl (C=O) groups is 1. The molecule has 0 spiro atoms. The number of amides is 1. The van der Waals surface area contributed by atoms with Gasteiger partial charge in [0, 0.05) is 8.95 Å². The third-order valence-corrected chi connectivity index (χ3v) is 5.54. The van der Waals surface area contributed by atoms with Crippen molar-refractivity contribution < 1.29 is 13.2 Å². The molecule has 1 amide bonds. The van der Waals surface area contributed by atoms with Crippen LogP contribution in [0.1, 0.15) is 22.8 Å². The second kappa shape index (κ2) is 6.93. The summed E-state index contributed by atoms with van der Waals surface area (Å²) in [6.45, 7) is 1.98. The lowest BCUT2D eigenvalue weighted by atomic mass is 10.2. The molecule has 22 heavy (non-hydrogen) atoms. The minimum atomic E-state index is -3.89. The number of carbonyl (C=O) groups excluding carboxylic acids is 1. The van der Waals surface area contributed by atoms with Crippen molar-refractivity contribution in [3.63, 3.8) is 0 Å². The van der Waals surface area contributed by atoms with Gasteiger partial charge < -0.3 is 0 Å². The molecule has 0 atom stereocenters. The van der Waals surface area contributed by atoms with Gasteiger partial charge in [0.05, 0.1) is 10.5 Å². The molecule has 0 aromatic heterocycles. The Morgan fingerprint density at radius 3 is 2.27 bits per heavy atom. The molecule has 0 heterocycles. The molecule has 0 aliphatic rings. The van der Waals surface area contributed by atoms with Crippen molar-refractivity contribution in [2.24, 2.45) is 0 Å². The molecule has 7 heteroatoms. The Morgan fingerprint density at radius 1 is 1.09 bits per heavy atom. The second-order valence-corrected chi connectivity index (χ2v) is 8.01. The maximum atomic E-state index is 12.2. The Hall–Kier alpha value is -1.18. The van der Waals surface area contributed by atoms with Gasteiger partial charge in [-0.25, -0.2) is 13.1 Å². The summed E-state index contributed by atoms with van der Waals surface area (Å²) in [5.74, 6) is -0.682. The summed E-state index contributed by atoms with van der Waals surface area (Å²) in [4.78, 5) is 12.2. The van der Waals surface area contributed by atoms with Crippen molar-refractivity contribution in [3.8, 4) is 0 Å². The summed E-state index contributed by atoms with van der Waals surface area (Å²) in [5.41, 5.74) is 1.28. The molecule has 116 valence electrons. The van der Waals surface area contributed by atoms with E-state index >= 15 is 0 Å². The zero-order valence-corrected chi connectivity index (χ0v) is 15.6. The van der Waals surface area contributed by atoms with E-state index in [-0.39, 0.29) is 10.5 Å². The van der Waals surface area contributed by atoms with E-state index in [1.54, 1.807) is 30.3 Å². The van der Waals surface area contributed by atoms with Crippen LogP contribution in [0.4, 0.5) is 0 Å². The van der Waals surface area contributed by atoms with E-state index in [2.05, 4.69) is 36.6 Å². The van der Waals surface area contributed by atoms with Crippen LogP contribution in [0.5, 0.6) is 0 Å². The van der Waals surface area contributed by atoms with Crippen LogP contribution in [-0.2, 0) is 16.4 Å². The van der Waals surface area contributed by atoms with Gasteiger partial charge in [-0.3, -0.25) is 4.79 Å². The van der Waals surface area contributed by atoms with Crippen LogP contribution in [0.25, 0.3) is 0 Å². The summed E-state index contributed by atoms with van der Waals surface area (Å²) >= 11 is 6.52. The van der Waals surface area contributed by atoms with Crippen molar-refractivity contribution in [2.45, 2.75) is 18.2 Å². The lowest BCUT2D eigenvalue weighted by molar-refractivity contribution is 0.0980. The Kier molecular flexibility index (Phi) is 5.41. The SMILES string of the molecule is CCc1ccc(S(=O)(=O)NC(=O)c2ccc(Br)cc2Br)cc1. The van der Waals surface area contributed by atoms with Gasteiger partial charge >= 0.3 is 0 Å². The molecule has 0 bridgehead atoms. The van der Waals surface area contributed by atoms with Gasteiger partial charge in [-0.05, 0) is 58.2 Å². The van der Waals surface area contributed by atoms with E-state index in [1.807, 2.05) is 6.92 Å². The van der Waals surface area contributed by atoms with Crippen LogP contribution in [0.3, 0.4) is 0 Å². The highest BCUT2D eigenvalue weighted by atomic mass is 79.9. The maximum Gasteiger partial charge on any atom is 0.266 e. The first kappa shape index (κ1) is 17.2. The van der Waals surface area contributed by atoms with Crippen LogP contribution in [-0.4, -0.2) is 14.3 Å². The monoisotopic (exact) mass is 445 g/mol. The van der Waals surface area contributed by atoms with Crippen molar-refractivity contribution >= 4 is 47.8 Å². The maximum absolute atomic E-state index is 12.2. The zero-order chi connectivity index (χ0) is 16.3. The zero-order valence-electron chi connectivity index (χ0n) is 11.6. The predicted octanol–water partition coefficient (Wildman–Crippen LogP) is 3.89. The first-order valence-corrected chi connectivity index (χ1v) is 9.51. The molecular formula is C15H13Br2NO3S. The number of hydrogen-bond donors (Lipinski definition) is 1. The third-order valence-electron chi connectivity index (χ3n) is 3.04. The molecule has 4 nitrogen and oxygen atoms in total. The second-order valence-electron chi connectivity index (χ2n) is 4.56. The molecule has 0 saturated carbocycles. The van der Waals surface area contributed by atoms with Gasteiger partial charge in [0.2, 0.25) is 0 Å². The standard InChI is InChI=1S/C15H13Br2NO3S/c1-2-10-3-6-12(7-4-10)22(20,21)18-15(19)13-8-5-11(16)9-14(13)17/h3-9H,2H2,1H3,(H,18,19). The quantitative estimate of drug-likeness (QED) is 0.774. The van der Waals surface area contributed by atoms with Gasteiger partial charge in [0.1, 0.15) is 0 Å². The number of benzene rings is 2. The highest BCUT2D eigenvalue weighted by Crippen LogP contribution is 2.22. The highest BCUT2D eigenvalue weighted by Gasteiger charge is 2.20. The van der Waals surface area contributed by atoms with Gasteiger partial charge in [-0.2, -0.15) is 0 Å². The van der Waals surface area contributed by atoms with Crippen molar-refractivity contribution in [1.29, 1.82) is 0 Å². The van der Waals surface area contributed by atoms with Crippen molar-refractivity contribution in [1.82, 2.24) is 4.72 Å². The van der Waals surface area contributed by atoms with Crippen LogP contribution in [0.2, 0.25) is 0 Å². The number of nitrogens with one attached hydrogen (secondary N) is 1. The number of rotatable bonds is 4. The fourth-order valence-corrected chi connectivity index (χ4v) is 4.01. The molecule has 0 aliphatic carbocycles. The number of sulfonamides is 1. The van der Waals surface area contributed by atoms with Crippen molar-refractivity contribution in [2.75, 3.05) is 0 Å². The van der Waals surface area contributed by atoms with Gasteiger partial charge in [-0.15, -0.1) is 0 Å². The summed E-state index contributed by atoms with van der Waals surface area (Å²) in [5, 5.41) is 0. The van der Waals surface area contributed by atoms with Gasteiger partial charge in [0.15, 0.2) is 0 Å². The fraction of sp³-hybridized carbons (Fsp3) is 0.133. The van der Waals surface area contributed by atoms with Gasteiger partial charge in [-0.1, -0.05) is 35.0 Å². The Balaban J connectivity index is 2.25. The molecule has 2 rings (SSSR count). The average molecular weight is 447 g/mol. The molecule has 2 aromatic carbocycles. The average Bonchev–Trinajstić information content (AvgIpc) is 2.46. The van der Waals surface area contributed by atoms with Crippen LogP contribution in [0.15, 0.2) is 56.3 Å². The smallest absolute Gasteiger partial charge is 0.266 e. The molecular weight excluding hydrogens is 434 g/mol. The largest absolute Gasteiger partial charge is 0.268 e. The van der Waals surface area contributed by atoms with Crippen LogP contribution in [0, 0.1) is 0 Å². The van der Waals surface area contributed by atoms with E-state index in [0.29, 0.717) is 4.47 Å². The minimum absolute atomic E-state index is 0.0614. The van der Waals surface area contributed by atoms with E-state index in [0.717, 1.165) is 16.5 Å². The van der Waals surface area contributed by atoms with E-state index in [1.165, 1.54) is 12.1 Å². The Labute approximate surface area is 146 Å². The van der Waals surface area contributed by atoms with E-state index < -0.39 is 15.9 Å². The number of aryl methyl sites for hydroxylation is 1. The van der Waals surface area contributed by atoms with E-state index in [4.69, 9.17) is 0 Å². The Morgan fingerprint density at radius 2 is 1.73 bits per heavy atom. The Bertz CT molecular complexity index is 802. The number of hydrogen-bond acceptors (Lipinski definition) is 3. The van der Waals surface area contributed by atoms with E-state index in [9.17, 15) is 13.2 Å². The predicted molar refractivity (Wildman–Crippen MR) is 92.3 cm³/mol. The van der Waals surface area contributed by atoms with Gasteiger partial charge in [0.25, 0.3) is 15.9 Å². The first-order valence-electron chi connectivity index (χ1n) is 6.44. The molecule has 2 aromatic rings. The molecule has 0 saturated heterocycles. The molecule has 1 N–H and O–H groups in total. The topological polar surface area (TPSA) is 63.2 Å². The fourth-order valence-electron chi connectivity index (χ4n) is 1.81. The summed E-state index contributed by atoms with van der Waals surface area (Å²) < 4.78 is 27.8. The number of halogens is 2. The van der Waals surface area contributed by atoms with Crippen LogP contribution < -0.4 is 4.72 Å². The lowest BCUT2D eigenvalue weighted by Crippen LogP contribution is -2.30. The first-order chi connectivity index (χ1) is 10.3. The molecule has 0 radical (unpaired) electrons. The molecule has 0 fully saturated rings. The molecule has 0 unspecified atom stereocenters. The van der Waals surface area contributed by atoms with Crippen LogP contribution >= 0.6 is 31.9 Å². The third kappa shape index (κ3) is 3.97. The van der Waals surface area contributed by atoms with Crippen molar-refractivity contribution in [3.05, 3.63) is 62.5 Å². The normalized spacial score (nSPS) is 11.2. The summed E-state index contributed by atoms with van der Waals surface area (Å²) in [7, 11) is -3.89. The summed E-state index contributed by atoms with van der Waals surface area (Å²) in [6.07, 6.45) is 0.818. The highest BCUT2D eigenvalue weighted by molar-refractivity contribution is 9.11. The molecule has 0 aliphatic heterocycles. The minimum Gasteiger partial charge on any atom is -0.268 e.